The van der Waals surface area contributed by atoms with Gasteiger partial charge in [0.1, 0.15) is 6.54 Å². The number of aromatic nitrogens is 1. The number of amides is 1. The van der Waals surface area contributed by atoms with Gasteiger partial charge in [0, 0.05) is 16.8 Å². The number of ether oxygens (including phenoxy) is 2. The van der Waals surface area contributed by atoms with Gasteiger partial charge in [-0.1, -0.05) is 36.4 Å². The zero-order valence-electron chi connectivity index (χ0n) is 17.9. The number of carbonyl (C=O) groups is 3. The molecule has 0 atom stereocenters. The van der Waals surface area contributed by atoms with Crippen LogP contribution in [0.2, 0.25) is 0 Å². The van der Waals surface area contributed by atoms with E-state index in [0.29, 0.717) is 11.3 Å². The number of nitrogens with zero attached hydrogens (tertiary/aromatic N) is 2. The number of aryl methyl sites for hydroxylation is 1. The van der Waals surface area contributed by atoms with Gasteiger partial charge in [0.25, 0.3) is 5.91 Å². The van der Waals surface area contributed by atoms with Gasteiger partial charge in [-0.15, -0.1) is 0 Å². The summed E-state index contributed by atoms with van der Waals surface area (Å²) in [4.78, 5) is 44.0. The minimum Gasteiger partial charge on any atom is -0.465 e. The smallest absolute Gasteiger partial charge is 0.339 e. The molecule has 0 saturated heterocycles. The molecule has 164 valence electrons. The third-order valence-corrected chi connectivity index (χ3v) is 5.41. The monoisotopic (exact) mass is 432 g/mol. The van der Waals surface area contributed by atoms with Crippen molar-refractivity contribution in [1.82, 2.24) is 4.98 Å². The summed E-state index contributed by atoms with van der Waals surface area (Å²) in [5.41, 5.74) is 3.55. The molecule has 0 spiro atoms. The van der Waals surface area contributed by atoms with E-state index in [2.05, 4.69) is 4.98 Å². The molecule has 7 heteroatoms. The Morgan fingerprint density at radius 2 is 1.72 bits per heavy atom. The Morgan fingerprint density at radius 1 is 0.969 bits per heavy atom. The topological polar surface area (TPSA) is 85.8 Å². The van der Waals surface area contributed by atoms with Crippen molar-refractivity contribution in [3.05, 3.63) is 71.4 Å². The maximum atomic E-state index is 13.1. The van der Waals surface area contributed by atoms with Gasteiger partial charge in [0.05, 0.1) is 17.7 Å². The fourth-order valence-electron chi connectivity index (χ4n) is 3.99. The third kappa shape index (κ3) is 4.46. The predicted octanol–water partition coefficient (Wildman–Crippen LogP) is 3.48. The predicted molar refractivity (Wildman–Crippen MR) is 119 cm³/mol. The van der Waals surface area contributed by atoms with Crippen LogP contribution in [-0.4, -0.2) is 42.6 Å². The van der Waals surface area contributed by atoms with Crippen LogP contribution in [0, 0.1) is 0 Å². The summed E-state index contributed by atoms with van der Waals surface area (Å²) < 4.78 is 10.4. The number of pyridine rings is 1. The molecular weight excluding hydrogens is 408 g/mol. The van der Waals surface area contributed by atoms with Crippen LogP contribution in [0.4, 0.5) is 5.69 Å². The lowest BCUT2D eigenvalue weighted by Crippen LogP contribution is -2.39. The van der Waals surface area contributed by atoms with E-state index in [1.165, 1.54) is 4.90 Å². The number of para-hydroxylation sites is 2. The second-order valence-electron chi connectivity index (χ2n) is 7.48. The van der Waals surface area contributed by atoms with Gasteiger partial charge < -0.3 is 9.47 Å². The molecule has 0 bridgehead atoms. The first kappa shape index (κ1) is 21.5. The normalized spacial score (nSPS) is 12.3. The van der Waals surface area contributed by atoms with Crippen molar-refractivity contribution < 1.29 is 23.9 Å². The average Bonchev–Trinajstić information content (AvgIpc) is 3.28. The Labute approximate surface area is 186 Å². The van der Waals surface area contributed by atoms with E-state index in [0.717, 1.165) is 41.4 Å². The number of fused-ring (bicyclic) bond motifs is 2. The molecule has 4 rings (SSSR count). The van der Waals surface area contributed by atoms with Crippen LogP contribution in [-0.2, 0) is 31.9 Å². The SMILES string of the molecule is CCOC(=O)CN(C(=O)COC(=O)c1c2c(nc3ccccc13)CCC2)c1ccccc1. The van der Waals surface area contributed by atoms with Gasteiger partial charge in [-0.25, -0.2) is 4.79 Å². The van der Waals surface area contributed by atoms with Gasteiger partial charge in [0.2, 0.25) is 0 Å². The maximum absolute atomic E-state index is 13.1. The average molecular weight is 432 g/mol. The number of benzene rings is 2. The van der Waals surface area contributed by atoms with Crippen LogP contribution in [0.3, 0.4) is 0 Å². The number of rotatable bonds is 7. The molecule has 3 aromatic rings. The number of hydrogen-bond acceptors (Lipinski definition) is 6. The van der Waals surface area contributed by atoms with Crippen LogP contribution < -0.4 is 4.90 Å². The highest BCUT2D eigenvalue weighted by Gasteiger charge is 2.26. The summed E-state index contributed by atoms with van der Waals surface area (Å²) >= 11 is 0. The Bertz CT molecular complexity index is 1160. The van der Waals surface area contributed by atoms with Crippen LogP contribution in [0.15, 0.2) is 54.6 Å². The molecule has 0 N–H and O–H groups in total. The fraction of sp³-hybridized carbons (Fsp3) is 0.280. The molecule has 1 aromatic heterocycles. The highest BCUT2D eigenvalue weighted by Crippen LogP contribution is 2.30. The van der Waals surface area contributed by atoms with E-state index in [1.54, 1.807) is 31.2 Å². The highest BCUT2D eigenvalue weighted by molar-refractivity contribution is 6.06. The van der Waals surface area contributed by atoms with Gasteiger partial charge in [-0.2, -0.15) is 0 Å². The minimum absolute atomic E-state index is 0.213. The summed E-state index contributed by atoms with van der Waals surface area (Å²) in [6.45, 7) is 1.16. The van der Waals surface area contributed by atoms with E-state index in [1.807, 2.05) is 30.3 Å². The van der Waals surface area contributed by atoms with Crippen molar-refractivity contribution in [1.29, 1.82) is 0 Å². The van der Waals surface area contributed by atoms with Crippen molar-refractivity contribution >= 4 is 34.4 Å². The quantitative estimate of drug-likeness (QED) is 0.532. The van der Waals surface area contributed by atoms with Gasteiger partial charge in [-0.05, 0) is 49.9 Å². The summed E-state index contributed by atoms with van der Waals surface area (Å²) in [7, 11) is 0. The molecule has 7 nitrogen and oxygen atoms in total. The standard InChI is InChI=1S/C25H24N2O5/c1-2-31-23(29)15-27(17-9-4-3-5-10-17)22(28)16-32-25(30)24-18-11-6-7-13-20(18)26-21-14-8-12-19(21)24/h3-7,9-11,13H,2,8,12,14-16H2,1H3. The summed E-state index contributed by atoms with van der Waals surface area (Å²) in [5.74, 6) is -1.60. The van der Waals surface area contributed by atoms with Crippen LogP contribution in [0.25, 0.3) is 10.9 Å². The first-order valence-electron chi connectivity index (χ1n) is 10.7. The molecule has 0 unspecified atom stereocenters. The highest BCUT2D eigenvalue weighted by atomic mass is 16.5. The van der Waals surface area contributed by atoms with E-state index < -0.39 is 24.5 Å². The summed E-state index contributed by atoms with van der Waals surface area (Å²) in [6, 6.07) is 16.2. The Morgan fingerprint density at radius 3 is 2.50 bits per heavy atom. The molecule has 1 amide bonds. The second kappa shape index (κ2) is 9.60. The Hall–Kier alpha value is -3.74. The maximum Gasteiger partial charge on any atom is 0.339 e. The van der Waals surface area contributed by atoms with Crippen LogP contribution >= 0.6 is 0 Å². The molecule has 1 aliphatic rings. The zero-order chi connectivity index (χ0) is 22.5. The van der Waals surface area contributed by atoms with Gasteiger partial charge >= 0.3 is 11.9 Å². The molecule has 0 saturated carbocycles. The molecule has 2 aromatic carbocycles. The number of esters is 2. The fourth-order valence-corrected chi connectivity index (χ4v) is 3.99. The molecule has 32 heavy (non-hydrogen) atoms. The molecule has 1 heterocycles. The van der Waals surface area contributed by atoms with E-state index in [4.69, 9.17) is 9.47 Å². The largest absolute Gasteiger partial charge is 0.465 e. The van der Waals surface area contributed by atoms with E-state index in [9.17, 15) is 14.4 Å². The van der Waals surface area contributed by atoms with E-state index >= 15 is 0 Å². The molecular formula is C25H24N2O5. The lowest BCUT2D eigenvalue weighted by atomic mass is 10.0. The van der Waals surface area contributed by atoms with Crippen molar-refractivity contribution in [3.63, 3.8) is 0 Å². The minimum atomic E-state index is -0.556. The lowest BCUT2D eigenvalue weighted by molar-refractivity contribution is -0.142. The van der Waals surface area contributed by atoms with Crippen molar-refractivity contribution in [2.24, 2.45) is 0 Å². The van der Waals surface area contributed by atoms with Crippen molar-refractivity contribution in [3.8, 4) is 0 Å². The van der Waals surface area contributed by atoms with Gasteiger partial charge in [-0.3, -0.25) is 19.5 Å². The molecule has 0 radical (unpaired) electrons. The Balaban J connectivity index is 1.55. The van der Waals surface area contributed by atoms with Gasteiger partial charge in [0.15, 0.2) is 6.61 Å². The van der Waals surface area contributed by atoms with Crippen LogP contribution in [0.1, 0.15) is 35.0 Å². The molecule has 0 aliphatic heterocycles. The van der Waals surface area contributed by atoms with E-state index in [-0.39, 0.29) is 13.2 Å². The number of carbonyl (C=O) groups excluding carboxylic acids is 3. The zero-order valence-corrected chi connectivity index (χ0v) is 17.9. The number of anilines is 1. The summed E-state index contributed by atoms with van der Waals surface area (Å²) in [5, 5.41) is 0.719. The third-order valence-electron chi connectivity index (χ3n) is 5.41. The molecule has 0 fully saturated rings. The summed E-state index contributed by atoms with van der Waals surface area (Å²) in [6.07, 6.45) is 2.50. The van der Waals surface area contributed by atoms with Crippen LogP contribution in [0.5, 0.6) is 0 Å². The first-order valence-corrected chi connectivity index (χ1v) is 10.7. The first-order chi connectivity index (χ1) is 15.6. The lowest BCUT2D eigenvalue weighted by Gasteiger charge is -2.22. The second-order valence-corrected chi connectivity index (χ2v) is 7.48. The number of hydrogen-bond donors (Lipinski definition) is 0. The Kier molecular flexibility index (Phi) is 6.44. The molecule has 1 aliphatic carbocycles. The van der Waals surface area contributed by atoms with Crippen molar-refractivity contribution in [2.75, 3.05) is 24.7 Å². The van der Waals surface area contributed by atoms with Crippen molar-refractivity contribution in [2.45, 2.75) is 26.2 Å².